The molecule has 0 radical (unpaired) electrons. The van der Waals surface area contributed by atoms with E-state index in [1.807, 2.05) is 44.2 Å². The average Bonchev–Trinajstić information content (AvgIpc) is 2.19. The van der Waals surface area contributed by atoms with Gasteiger partial charge in [-0.2, -0.15) is 0 Å². The lowest BCUT2D eigenvalue weighted by Gasteiger charge is -2.18. The Bertz CT molecular complexity index is 292. The Kier molecular flexibility index (Phi) is 3.69. The molecule has 0 aliphatic heterocycles. The van der Waals surface area contributed by atoms with E-state index in [0.717, 1.165) is 5.56 Å². The van der Waals surface area contributed by atoms with E-state index < -0.39 is 5.97 Å². The van der Waals surface area contributed by atoms with Crippen molar-refractivity contribution in [2.24, 2.45) is 5.92 Å². The summed E-state index contributed by atoms with van der Waals surface area (Å²) < 4.78 is 0. The fraction of sp³-hybridized carbons (Fsp3) is 0.417. The number of carboxylic acid groups (broad SMARTS) is 1. The van der Waals surface area contributed by atoms with Gasteiger partial charge in [0.1, 0.15) is 0 Å². The van der Waals surface area contributed by atoms with Gasteiger partial charge in [-0.05, 0) is 17.9 Å². The highest BCUT2D eigenvalue weighted by Crippen LogP contribution is 2.26. The zero-order valence-electron chi connectivity index (χ0n) is 8.60. The summed E-state index contributed by atoms with van der Waals surface area (Å²) >= 11 is 0. The second-order valence-electron chi connectivity index (χ2n) is 3.55. The smallest absolute Gasteiger partial charge is 0.307 e. The zero-order valence-corrected chi connectivity index (χ0v) is 8.60. The lowest BCUT2D eigenvalue weighted by Crippen LogP contribution is -2.19. The largest absolute Gasteiger partial charge is 0.481 e. The molecule has 76 valence electrons. The summed E-state index contributed by atoms with van der Waals surface area (Å²) in [6.45, 7) is 3.88. The molecule has 0 fully saturated rings. The molecule has 1 rings (SSSR count). The van der Waals surface area contributed by atoms with E-state index >= 15 is 0 Å². The van der Waals surface area contributed by atoms with Crippen LogP contribution in [0, 0.1) is 5.92 Å². The standard InChI is InChI=1S/C12H16O2/c1-3-11(12(13)14)9(2)10-7-5-4-6-8-10/h4-9,11H,3H2,1-2H3,(H,13,14)/t9-,11-/m0/s1. The minimum Gasteiger partial charge on any atom is -0.481 e. The Balaban J connectivity index is 2.83. The van der Waals surface area contributed by atoms with Gasteiger partial charge in [-0.15, -0.1) is 0 Å². The molecule has 14 heavy (non-hydrogen) atoms. The average molecular weight is 192 g/mol. The van der Waals surface area contributed by atoms with E-state index in [9.17, 15) is 4.79 Å². The predicted octanol–water partition coefficient (Wildman–Crippen LogP) is 2.90. The van der Waals surface area contributed by atoms with Crippen LogP contribution >= 0.6 is 0 Å². The Morgan fingerprint density at radius 3 is 2.36 bits per heavy atom. The first-order valence-corrected chi connectivity index (χ1v) is 4.94. The minimum atomic E-state index is -0.705. The number of aliphatic carboxylic acids is 1. The summed E-state index contributed by atoms with van der Waals surface area (Å²) in [6, 6.07) is 9.80. The zero-order chi connectivity index (χ0) is 10.6. The molecule has 1 aromatic carbocycles. The highest BCUT2D eigenvalue weighted by Gasteiger charge is 2.23. The first kappa shape index (κ1) is 10.8. The Hall–Kier alpha value is -1.31. The molecule has 2 heteroatoms. The van der Waals surface area contributed by atoms with Crippen molar-refractivity contribution >= 4 is 5.97 Å². The third-order valence-corrected chi connectivity index (χ3v) is 2.69. The summed E-state index contributed by atoms with van der Waals surface area (Å²) in [4.78, 5) is 10.9. The fourth-order valence-electron chi connectivity index (χ4n) is 1.73. The van der Waals surface area contributed by atoms with Gasteiger partial charge in [0.25, 0.3) is 0 Å². The molecule has 0 aliphatic carbocycles. The molecule has 0 unspecified atom stereocenters. The summed E-state index contributed by atoms with van der Waals surface area (Å²) in [6.07, 6.45) is 0.672. The van der Waals surface area contributed by atoms with Gasteiger partial charge in [0.15, 0.2) is 0 Å². The normalized spacial score (nSPS) is 14.7. The van der Waals surface area contributed by atoms with Crippen molar-refractivity contribution in [1.29, 1.82) is 0 Å². The van der Waals surface area contributed by atoms with E-state index in [1.165, 1.54) is 0 Å². The van der Waals surface area contributed by atoms with Crippen LogP contribution in [0.3, 0.4) is 0 Å². The van der Waals surface area contributed by atoms with Gasteiger partial charge in [0, 0.05) is 0 Å². The number of rotatable bonds is 4. The van der Waals surface area contributed by atoms with Crippen LogP contribution in [0.4, 0.5) is 0 Å². The quantitative estimate of drug-likeness (QED) is 0.796. The first-order valence-electron chi connectivity index (χ1n) is 4.94. The van der Waals surface area contributed by atoms with Crippen LogP contribution in [-0.4, -0.2) is 11.1 Å². The van der Waals surface area contributed by atoms with Crippen LogP contribution < -0.4 is 0 Å². The number of hydrogen-bond donors (Lipinski definition) is 1. The topological polar surface area (TPSA) is 37.3 Å². The highest BCUT2D eigenvalue weighted by atomic mass is 16.4. The number of benzene rings is 1. The third kappa shape index (κ3) is 2.34. The molecule has 0 amide bonds. The van der Waals surface area contributed by atoms with Crippen LogP contribution in [0.2, 0.25) is 0 Å². The van der Waals surface area contributed by atoms with Crippen molar-refractivity contribution in [2.75, 3.05) is 0 Å². The molecule has 2 nitrogen and oxygen atoms in total. The maximum Gasteiger partial charge on any atom is 0.307 e. The van der Waals surface area contributed by atoms with Crippen LogP contribution in [-0.2, 0) is 4.79 Å². The summed E-state index contributed by atoms with van der Waals surface area (Å²) in [7, 11) is 0. The van der Waals surface area contributed by atoms with Crippen molar-refractivity contribution in [2.45, 2.75) is 26.2 Å². The fourth-order valence-corrected chi connectivity index (χ4v) is 1.73. The van der Waals surface area contributed by atoms with Crippen molar-refractivity contribution in [3.05, 3.63) is 35.9 Å². The lowest BCUT2D eigenvalue weighted by atomic mass is 9.86. The molecule has 0 heterocycles. The first-order chi connectivity index (χ1) is 6.66. The number of carbonyl (C=O) groups is 1. The molecule has 0 bridgehead atoms. The van der Waals surface area contributed by atoms with Gasteiger partial charge in [-0.3, -0.25) is 4.79 Å². The van der Waals surface area contributed by atoms with E-state index in [-0.39, 0.29) is 11.8 Å². The van der Waals surface area contributed by atoms with E-state index in [0.29, 0.717) is 6.42 Å². The van der Waals surface area contributed by atoms with Crippen molar-refractivity contribution < 1.29 is 9.90 Å². The maximum absolute atomic E-state index is 10.9. The van der Waals surface area contributed by atoms with Crippen LogP contribution in [0.5, 0.6) is 0 Å². The summed E-state index contributed by atoms with van der Waals surface area (Å²) in [5.74, 6) is -0.903. The van der Waals surface area contributed by atoms with E-state index in [2.05, 4.69) is 0 Å². The Labute approximate surface area is 84.6 Å². The van der Waals surface area contributed by atoms with Gasteiger partial charge in [-0.1, -0.05) is 44.2 Å². The van der Waals surface area contributed by atoms with Crippen LogP contribution in [0.1, 0.15) is 31.7 Å². The Morgan fingerprint density at radius 1 is 1.36 bits per heavy atom. The molecule has 1 N–H and O–H groups in total. The lowest BCUT2D eigenvalue weighted by molar-refractivity contribution is -0.142. The highest BCUT2D eigenvalue weighted by molar-refractivity contribution is 5.71. The molecule has 0 saturated carbocycles. The van der Waals surface area contributed by atoms with E-state index in [1.54, 1.807) is 0 Å². The monoisotopic (exact) mass is 192 g/mol. The molecular formula is C12H16O2. The second-order valence-corrected chi connectivity index (χ2v) is 3.55. The predicted molar refractivity (Wildman–Crippen MR) is 56.3 cm³/mol. The SMILES string of the molecule is CC[C@H](C(=O)O)[C@@H](C)c1ccccc1. The second kappa shape index (κ2) is 4.80. The minimum absolute atomic E-state index is 0.0821. The number of hydrogen-bond acceptors (Lipinski definition) is 1. The van der Waals surface area contributed by atoms with Crippen LogP contribution in [0.25, 0.3) is 0 Å². The van der Waals surface area contributed by atoms with Crippen molar-refractivity contribution in [3.63, 3.8) is 0 Å². The molecular weight excluding hydrogens is 176 g/mol. The Morgan fingerprint density at radius 2 is 1.93 bits per heavy atom. The molecule has 0 aliphatic rings. The van der Waals surface area contributed by atoms with Crippen molar-refractivity contribution in [3.8, 4) is 0 Å². The molecule has 0 saturated heterocycles. The van der Waals surface area contributed by atoms with Gasteiger partial charge >= 0.3 is 5.97 Å². The van der Waals surface area contributed by atoms with Gasteiger partial charge in [-0.25, -0.2) is 0 Å². The summed E-state index contributed by atoms with van der Waals surface area (Å²) in [5, 5.41) is 9.00. The third-order valence-electron chi connectivity index (χ3n) is 2.69. The molecule has 1 aromatic rings. The molecule has 0 spiro atoms. The maximum atomic E-state index is 10.9. The van der Waals surface area contributed by atoms with Crippen LogP contribution in [0.15, 0.2) is 30.3 Å². The van der Waals surface area contributed by atoms with Gasteiger partial charge < -0.3 is 5.11 Å². The van der Waals surface area contributed by atoms with Crippen molar-refractivity contribution in [1.82, 2.24) is 0 Å². The van der Waals surface area contributed by atoms with E-state index in [4.69, 9.17) is 5.11 Å². The molecule has 2 atom stereocenters. The van der Waals surface area contributed by atoms with Gasteiger partial charge in [0.05, 0.1) is 5.92 Å². The van der Waals surface area contributed by atoms with Gasteiger partial charge in [0.2, 0.25) is 0 Å². The number of carboxylic acids is 1. The summed E-state index contributed by atoms with van der Waals surface area (Å²) in [5.41, 5.74) is 1.10. The molecule has 0 aromatic heterocycles.